The Kier molecular flexibility index (Phi) is 5.88. The fourth-order valence-corrected chi connectivity index (χ4v) is 4.18. The number of Topliss-reactive ketones (excluding diaryl/α,β-unsaturated/α-hetero) is 1. The van der Waals surface area contributed by atoms with Gasteiger partial charge in [0, 0.05) is 60.3 Å². The number of hydrogen-bond donors (Lipinski definition) is 0. The lowest BCUT2D eigenvalue weighted by Crippen LogP contribution is -2.35. The number of carbonyl (C=O) groups is 1. The quantitative estimate of drug-likeness (QED) is 0.422. The molecule has 4 heterocycles. The minimum atomic E-state index is 0.0315. The van der Waals surface area contributed by atoms with Crippen LogP contribution in [0.3, 0.4) is 0 Å². The summed E-state index contributed by atoms with van der Waals surface area (Å²) in [5.74, 6) is 0.850. The zero-order valence-corrected chi connectivity index (χ0v) is 18.9. The third kappa shape index (κ3) is 4.93. The normalized spacial score (nSPS) is 15.1. The molecule has 1 fully saturated rings. The Morgan fingerprint density at radius 2 is 1.79 bits per heavy atom. The zero-order valence-electron chi connectivity index (χ0n) is 18.9. The molecule has 0 saturated carbocycles. The number of nitrogens with zero attached hydrogens (tertiary/aromatic N) is 5. The lowest BCUT2D eigenvalue weighted by atomic mass is 10.0. The Hall–Kier alpha value is -3.58. The van der Waals surface area contributed by atoms with Crippen molar-refractivity contribution in [3.63, 3.8) is 0 Å². The number of hydrogen-bond acceptors (Lipinski definition) is 6. The lowest BCUT2D eigenvalue weighted by molar-refractivity contribution is 0.0991. The van der Waals surface area contributed by atoms with Crippen molar-refractivity contribution < 1.29 is 9.53 Å². The summed E-state index contributed by atoms with van der Waals surface area (Å²) in [7, 11) is 4.02. The monoisotopic (exact) mass is 441 g/mol. The number of aromatic nitrogens is 4. The number of aryl methyl sites for hydroxylation is 1. The second-order valence-electron chi connectivity index (χ2n) is 8.74. The van der Waals surface area contributed by atoms with Gasteiger partial charge in [0.15, 0.2) is 5.78 Å². The minimum Gasteiger partial charge on any atom is -0.490 e. The van der Waals surface area contributed by atoms with Gasteiger partial charge in [-0.15, -0.1) is 0 Å². The van der Waals surface area contributed by atoms with E-state index < -0.39 is 0 Å². The van der Waals surface area contributed by atoms with Crippen LogP contribution in [-0.4, -0.2) is 56.7 Å². The molecule has 7 nitrogen and oxygen atoms in total. The number of pyridine rings is 2. The van der Waals surface area contributed by atoms with E-state index in [0.29, 0.717) is 5.56 Å². The maximum Gasteiger partial charge on any atom is 0.168 e. The summed E-state index contributed by atoms with van der Waals surface area (Å²) < 4.78 is 7.85. The maximum absolute atomic E-state index is 12.9. The zero-order chi connectivity index (χ0) is 22.8. The molecular weight excluding hydrogens is 414 g/mol. The molecule has 5 rings (SSSR count). The molecule has 7 heteroatoms. The average molecular weight is 442 g/mol. The Labute approximate surface area is 193 Å². The fourth-order valence-electron chi connectivity index (χ4n) is 4.18. The summed E-state index contributed by atoms with van der Waals surface area (Å²) in [6.07, 6.45) is 9.86. The number of ether oxygens (including phenoxy) is 1. The summed E-state index contributed by atoms with van der Waals surface area (Å²) in [5.41, 5.74) is 4.18. The van der Waals surface area contributed by atoms with E-state index >= 15 is 0 Å². The Morgan fingerprint density at radius 1 is 1.00 bits per heavy atom. The molecule has 1 aliphatic heterocycles. The van der Waals surface area contributed by atoms with Gasteiger partial charge in [-0.2, -0.15) is 5.10 Å². The highest BCUT2D eigenvalue weighted by Crippen LogP contribution is 2.23. The van der Waals surface area contributed by atoms with Crippen molar-refractivity contribution in [1.29, 1.82) is 0 Å². The average Bonchev–Trinajstić information content (AvgIpc) is 3.27. The smallest absolute Gasteiger partial charge is 0.168 e. The second kappa shape index (κ2) is 9.11. The van der Waals surface area contributed by atoms with Crippen LogP contribution in [0.1, 0.15) is 28.9 Å². The fraction of sp³-hybridized carbons (Fsp3) is 0.308. The first-order valence-electron chi connectivity index (χ1n) is 11.3. The van der Waals surface area contributed by atoms with E-state index in [1.54, 1.807) is 10.9 Å². The molecule has 168 valence electrons. The molecule has 1 aromatic carbocycles. The molecule has 0 amide bonds. The summed E-state index contributed by atoms with van der Waals surface area (Å²) in [4.78, 5) is 24.1. The van der Waals surface area contributed by atoms with Crippen LogP contribution >= 0.6 is 0 Å². The summed E-state index contributed by atoms with van der Waals surface area (Å²) in [6, 6.07) is 11.5. The minimum absolute atomic E-state index is 0.0315. The van der Waals surface area contributed by atoms with Crippen LogP contribution in [0.25, 0.3) is 22.0 Å². The molecule has 0 radical (unpaired) electrons. The second-order valence-corrected chi connectivity index (χ2v) is 8.74. The Morgan fingerprint density at radius 3 is 2.52 bits per heavy atom. The van der Waals surface area contributed by atoms with Gasteiger partial charge in [-0.05, 0) is 56.3 Å². The van der Waals surface area contributed by atoms with Crippen LogP contribution in [0.5, 0.6) is 5.75 Å². The largest absolute Gasteiger partial charge is 0.490 e. The van der Waals surface area contributed by atoms with Crippen molar-refractivity contribution in [2.45, 2.75) is 25.4 Å². The predicted octanol–water partition coefficient (Wildman–Crippen LogP) is 3.93. The number of fused-ring (bicyclic) bond motifs is 1. The molecule has 3 aromatic heterocycles. The molecule has 1 aliphatic rings. The summed E-state index contributed by atoms with van der Waals surface area (Å²) >= 11 is 0. The number of carbonyl (C=O) groups excluding carboxylic acids is 1. The first-order chi connectivity index (χ1) is 16.0. The van der Waals surface area contributed by atoms with Crippen LogP contribution in [0, 0.1) is 0 Å². The van der Waals surface area contributed by atoms with Gasteiger partial charge in [0.25, 0.3) is 0 Å². The summed E-state index contributed by atoms with van der Waals surface area (Å²) in [5, 5.41) is 5.18. The maximum atomic E-state index is 12.9. The standard InChI is InChI=1S/C26H27N5O2/c1-30-9-7-24(8-10-30)33-23-5-3-18(4-6-23)26(32)13-22-12-19-11-20(14-28-25(19)16-27-22)21-15-29-31(2)17-21/h3-6,11-12,14-17,24H,7-10,13H2,1-2H3. The van der Waals surface area contributed by atoms with Crippen LogP contribution in [0.15, 0.2) is 61.2 Å². The third-order valence-electron chi connectivity index (χ3n) is 6.15. The van der Waals surface area contributed by atoms with Gasteiger partial charge in [0.1, 0.15) is 11.9 Å². The van der Waals surface area contributed by atoms with Gasteiger partial charge in [0.2, 0.25) is 0 Å². The van der Waals surface area contributed by atoms with Gasteiger partial charge in [0.05, 0.1) is 24.3 Å². The van der Waals surface area contributed by atoms with E-state index in [9.17, 15) is 4.79 Å². The van der Waals surface area contributed by atoms with E-state index in [1.807, 2.05) is 56.0 Å². The highest BCUT2D eigenvalue weighted by Gasteiger charge is 2.18. The molecule has 4 aromatic rings. The topological polar surface area (TPSA) is 73.1 Å². The first kappa shape index (κ1) is 21.3. The SMILES string of the molecule is CN1CCC(Oc2ccc(C(=O)Cc3cc4cc(-c5cnn(C)c5)cnc4cn3)cc2)CC1. The number of benzene rings is 1. The highest BCUT2D eigenvalue weighted by molar-refractivity contribution is 5.97. The highest BCUT2D eigenvalue weighted by atomic mass is 16.5. The molecule has 0 spiro atoms. The van der Waals surface area contributed by atoms with Crippen molar-refractivity contribution in [3.8, 4) is 16.9 Å². The number of piperidine rings is 1. The molecule has 0 unspecified atom stereocenters. The van der Waals surface area contributed by atoms with E-state index in [4.69, 9.17) is 4.74 Å². The molecule has 0 bridgehead atoms. The third-order valence-corrected chi connectivity index (χ3v) is 6.15. The van der Waals surface area contributed by atoms with Crippen molar-refractivity contribution >= 4 is 16.7 Å². The molecule has 1 saturated heterocycles. The molecule has 0 atom stereocenters. The molecule has 0 N–H and O–H groups in total. The Balaban J connectivity index is 1.27. The van der Waals surface area contributed by atoms with Crippen molar-refractivity contribution in [2.24, 2.45) is 7.05 Å². The van der Waals surface area contributed by atoms with Crippen LogP contribution in [0.2, 0.25) is 0 Å². The van der Waals surface area contributed by atoms with Crippen LogP contribution < -0.4 is 4.74 Å². The Bertz CT molecular complexity index is 1270. The van der Waals surface area contributed by atoms with E-state index in [0.717, 1.165) is 59.4 Å². The number of ketones is 1. The van der Waals surface area contributed by atoms with Crippen molar-refractivity contribution in [2.75, 3.05) is 20.1 Å². The van der Waals surface area contributed by atoms with Crippen molar-refractivity contribution in [1.82, 2.24) is 24.6 Å². The van der Waals surface area contributed by atoms with E-state index in [2.05, 4.69) is 33.1 Å². The summed E-state index contributed by atoms with van der Waals surface area (Å²) in [6.45, 7) is 2.11. The van der Waals surface area contributed by atoms with E-state index in [-0.39, 0.29) is 18.3 Å². The first-order valence-corrected chi connectivity index (χ1v) is 11.3. The molecule has 0 aliphatic carbocycles. The predicted molar refractivity (Wildman–Crippen MR) is 127 cm³/mol. The van der Waals surface area contributed by atoms with Gasteiger partial charge >= 0.3 is 0 Å². The van der Waals surface area contributed by atoms with Crippen LogP contribution in [0.4, 0.5) is 0 Å². The number of rotatable bonds is 6. The molecular formula is C26H27N5O2. The van der Waals surface area contributed by atoms with Gasteiger partial charge < -0.3 is 9.64 Å². The van der Waals surface area contributed by atoms with Gasteiger partial charge in [-0.3, -0.25) is 19.4 Å². The number of likely N-dealkylation sites (tertiary alicyclic amines) is 1. The lowest BCUT2D eigenvalue weighted by Gasteiger charge is -2.29. The van der Waals surface area contributed by atoms with Gasteiger partial charge in [-0.25, -0.2) is 0 Å². The van der Waals surface area contributed by atoms with Gasteiger partial charge in [-0.1, -0.05) is 0 Å². The van der Waals surface area contributed by atoms with Crippen molar-refractivity contribution in [3.05, 3.63) is 72.4 Å². The molecule has 33 heavy (non-hydrogen) atoms. The van der Waals surface area contributed by atoms with E-state index in [1.165, 1.54) is 0 Å². The van der Waals surface area contributed by atoms with Crippen LogP contribution in [-0.2, 0) is 13.5 Å².